The Balaban J connectivity index is 0.00000364. The fourth-order valence-electron chi connectivity index (χ4n) is 2.27. The number of rotatable bonds is 8. The molecule has 0 amide bonds. The van der Waals surface area contributed by atoms with E-state index in [4.69, 9.17) is 0 Å². The zero-order valence-electron chi connectivity index (χ0n) is 15.8. The molecular weight excluding hydrogens is 495 g/mol. The van der Waals surface area contributed by atoms with Crippen molar-refractivity contribution in [3.63, 3.8) is 0 Å². The van der Waals surface area contributed by atoms with Crippen molar-refractivity contribution in [1.29, 1.82) is 0 Å². The molecule has 1 aromatic carbocycles. The number of halogens is 1. The molecule has 0 saturated carbocycles. The lowest BCUT2D eigenvalue weighted by molar-refractivity contribution is 0.592. The minimum atomic E-state index is -3.23. The second-order valence-electron chi connectivity index (χ2n) is 6.16. The van der Waals surface area contributed by atoms with Gasteiger partial charge in [-0.2, -0.15) is 0 Å². The fraction of sp³-hybridized carbons (Fsp3) is 0.444. The van der Waals surface area contributed by atoms with Gasteiger partial charge < -0.3 is 10.6 Å². The first kappa shape index (κ1) is 23.8. The van der Waals surface area contributed by atoms with Crippen LogP contribution >= 0.6 is 35.3 Å². The molecule has 2 N–H and O–H groups in total. The lowest BCUT2D eigenvalue weighted by atomic mass is 10.2. The van der Waals surface area contributed by atoms with Crippen molar-refractivity contribution in [3.05, 3.63) is 46.4 Å². The summed E-state index contributed by atoms with van der Waals surface area (Å²) in [4.78, 5) is 9.10. The van der Waals surface area contributed by atoms with Gasteiger partial charge in [0.2, 0.25) is 0 Å². The summed E-state index contributed by atoms with van der Waals surface area (Å²) in [6.07, 6.45) is 0.507. The summed E-state index contributed by atoms with van der Waals surface area (Å²) in [6.45, 7) is 5.37. The summed E-state index contributed by atoms with van der Waals surface area (Å²) in [6, 6.07) is 8.54. The van der Waals surface area contributed by atoms with E-state index in [0.717, 1.165) is 10.7 Å². The van der Waals surface area contributed by atoms with E-state index in [0.29, 0.717) is 36.3 Å². The molecule has 0 aliphatic rings. The third-order valence-electron chi connectivity index (χ3n) is 3.78. The van der Waals surface area contributed by atoms with Crippen LogP contribution in [0.15, 0.2) is 45.6 Å². The van der Waals surface area contributed by atoms with Crippen LogP contribution in [-0.2, 0) is 16.4 Å². The van der Waals surface area contributed by atoms with Crippen molar-refractivity contribution in [2.75, 3.05) is 19.3 Å². The topological polar surface area (TPSA) is 83.5 Å². The van der Waals surface area contributed by atoms with Crippen LogP contribution in [-0.4, -0.2) is 38.7 Å². The largest absolute Gasteiger partial charge is 0.356 e. The number of aromatic nitrogens is 1. The molecule has 1 heterocycles. The molecule has 9 heteroatoms. The van der Waals surface area contributed by atoms with Gasteiger partial charge in [0.25, 0.3) is 0 Å². The highest BCUT2D eigenvalue weighted by Crippen LogP contribution is 2.17. The van der Waals surface area contributed by atoms with Crippen LogP contribution in [0, 0.1) is 0 Å². The molecule has 0 saturated heterocycles. The number of hydrogen-bond donors (Lipinski definition) is 2. The summed E-state index contributed by atoms with van der Waals surface area (Å²) >= 11 is 1.62. The van der Waals surface area contributed by atoms with Gasteiger partial charge in [0.15, 0.2) is 15.8 Å². The third kappa shape index (κ3) is 7.74. The van der Waals surface area contributed by atoms with Crippen molar-refractivity contribution in [1.82, 2.24) is 15.6 Å². The Hall–Kier alpha value is -1.20. The predicted octanol–water partition coefficient (Wildman–Crippen LogP) is 3.41. The average Bonchev–Trinajstić information content (AvgIpc) is 3.11. The summed E-state index contributed by atoms with van der Waals surface area (Å²) in [5, 5.41) is 9.43. The van der Waals surface area contributed by atoms with Crippen molar-refractivity contribution in [3.8, 4) is 0 Å². The first-order valence-corrected chi connectivity index (χ1v) is 11.1. The zero-order chi connectivity index (χ0) is 19.0. The van der Waals surface area contributed by atoms with E-state index in [1.165, 1.54) is 0 Å². The Labute approximate surface area is 182 Å². The molecule has 6 nitrogen and oxygen atoms in total. The summed E-state index contributed by atoms with van der Waals surface area (Å²) < 4.78 is 24.5. The number of nitrogens with one attached hydrogen (secondary N) is 2. The van der Waals surface area contributed by atoms with Crippen LogP contribution in [0.3, 0.4) is 0 Å². The van der Waals surface area contributed by atoms with Crippen molar-refractivity contribution in [2.45, 2.75) is 37.6 Å². The van der Waals surface area contributed by atoms with Crippen LogP contribution in [0.5, 0.6) is 0 Å². The van der Waals surface area contributed by atoms with Gasteiger partial charge in [0.1, 0.15) is 5.01 Å². The summed E-state index contributed by atoms with van der Waals surface area (Å²) in [5.74, 6) is 1.16. The highest BCUT2D eigenvalue weighted by Gasteiger charge is 2.13. The van der Waals surface area contributed by atoms with Gasteiger partial charge in [0, 0.05) is 19.0 Å². The maximum absolute atomic E-state index is 12.2. The molecule has 0 radical (unpaired) electrons. The third-order valence-corrected chi connectivity index (χ3v) is 6.46. The average molecular weight is 522 g/mol. The van der Waals surface area contributed by atoms with E-state index in [-0.39, 0.29) is 29.7 Å². The molecular formula is C18H27IN4O2S2. The minimum absolute atomic E-state index is 0. The van der Waals surface area contributed by atoms with E-state index in [1.54, 1.807) is 42.6 Å². The molecule has 2 aromatic rings. The molecule has 2 rings (SSSR count). The molecule has 150 valence electrons. The standard InChI is InChI=1S/C18H26N4O2S2.HI/c1-14(2)16-13-25-17(22-16)12-21-18(19-3)20-10-7-11-26(23,24)15-8-5-4-6-9-15;/h4-6,8-9,13-14H,7,10-12H2,1-3H3,(H2,19,20,21);1H. The van der Waals surface area contributed by atoms with Gasteiger partial charge in [-0.05, 0) is 24.5 Å². The Kier molecular flexibility index (Phi) is 10.2. The highest BCUT2D eigenvalue weighted by molar-refractivity contribution is 14.0. The van der Waals surface area contributed by atoms with E-state index < -0.39 is 9.84 Å². The lowest BCUT2D eigenvalue weighted by Gasteiger charge is -2.11. The molecule has 0 aliphatic carbocycles. The Morgan fingerprint density at radius 2 is 1.93 bits per heavy atom. The number of nitrogens with zero attached hydrogens (tertiary/aromatic N) is 2. The normalized spacial score (nSPS) is 11.9. The molecule has 0 unspecified atom stereocenters. The van der Waals surface area contributed by atoms with Crippen LogP contribution in [0.25, 0.3) is 0 Å². The van der Waals surface area contributed by atoms with Crippen LogP contribution in [0.2, 0.25) is 0 Å². The van der Waals surface area contributed by atoms with Crippen molar-refractivity contribution >= 4 is 51.1 Å². The van der Waals surface area contributed by atoms with E-state index in [1.807, 2.05) is 6.07 Å². The fourth-order valence-corrected chi connectivity index (χ4v) is 4.49. The van der Waals surface area contributed by atoms with Crippen LogP contribution in [0.4, 0.5) is 0 Å². The SMILES string of the molecule is CN=C(NCCCS(=O)(=O)c1ccccc1)NCc1nc(C(C)C)cs1.I. The van der Waals surface area contributed by atoms with Crippen LogP contribution < -0.4 is 10.6 Å². The molecule has 0 fully saturated rings. The van der Waals surface area contributed by atoms with Gasteiger partial charge in [-0.15, -0.1) is 35.3 Å². The molecule has 27 heavy (non-hydrogen) atoms. The van der Waals surface area contributed by atoms with Gasteiger partial charge in [-0.1, -0.05) is 32.0 Å². The molecule has 1 aromatic heterocycles. The Morgan fingerprint density at radius 1 is 1.22 bits per heavy atom. The van der Waals surface area contributed by atoms with Gasteiger partial charge in [-0.3, -0.25) is 4.99 Å². The smallest absolute Gasteiger partial charge is 0.191 e. The van der Waals surface area contributed by atoms with Gasteiger partial charge in [-0.25, -0.2) is 13.4 Å². The number of benzene rings is 1. The first-order valence-electron chi connectivity index (χ1n) is 8.59. The highest BCUT2D eigenvalue weighted by atomic mass is 127. The molecule has 0 spiro atoms. The maximum Gasteiger partial charge on any atom is 0.191 e. The van der Waals surface area contributed by atoms with Crippen LogP contribution in [0.1, 0.15) is 36.9 Å². The van der Waals surface area contributed by atoms with Gasteiger partial charge >= 0.3 is 0 Å². The van der Waals surface area contributed by atoms with E-state index in [2.05, 4.69) is 39.8 Å². The second-order valence-corrected chi connectivity index (χ2v) is 9.21. The quantitative estimate of drug-likeness (QED) is 0.240. The number of hydrogen-bond acceptors (Lipinski definition) is 5. The number of aliphatic imine (C=N–C) groups is 1. The van der Waals surface area contributed by atoms with Crippen molar-refractivity contribution < 1.29 is 8.42 Å². The van der Waals surface area contributed by atoms with Crippen molar-refractivity contribution in [2.24, 2.45) is 4.99 Å². The zero-order valence-corrected chi connectivity index (χ0v) is 19.8. The monoisotopic (exact) mass is 522 g/mol. The minimum Gasteiger partial charge on any atom is -0.356 e. The first-order chi connectivity index (χ1) is 12.4. The van der Waals surface area contributed by atoms with E-state index >= 15 is 0 Å². The van der Waals surface area contributed by atoms with Gasteiger partial charge in [0.05, 0.1) is 22.9 Å². The Morgan fingerprint density at radius 3 is 2.52 bits per heavy atom. The molecule has 0 aliphatic heterocycles. The predicted molar refractivity (Wildman–Crippen MR) is 123 cm³/mol. The molecule has 0 atom stereocenters. The molecule has 0 bridgehead atoms. The Bertz CT molecular complexity index is 821. The number of sulfone groups is 1. The number of guanidine groups is 1. The number of thiazole rings is 1. The summed E-state index contributed by atoms with van der Waals surface area (Å²) in [7, 11) is -1.54. The lowest BCUT2D eigenvalue weighted by Crippen LogP contribution is -2.37. The summed E-state index contributed by atoms with van der Waals surface area (Å²) in [5.41, 5.74) is 1.10. The second kappa shape index (κ2) is 11.6. The maximum atomic E-state index is 12.2. The van der Waals surface area contributed by atoms with E-state index in [9.17, 15) is 8.42 Å².